The van der Waals surface area contributed by atoms with E-state index in [2.05, 4.69) is 22.6 Å². The molecule has 0 saturated heterocycles. The van der Waals surface area contributed by atoms with Gasteiger partial charge in [0.2, 0.25) is 0 Å². The first-order chi connectivity index (χ1) is 4.70. The second-order valence-electron chi connectivity index (χ2n) is 1.69. The molecule has 0 aliphatic heterocycles. The Morgan fingerprint density at radius 2 is 1.73 bits per heavy atom. The van der Waals surface area contributed by atoms with Crippen LogP contribution >= 0.6 is 22.6 Å². The van der Waals surface area contributed by atoms with Crippen molar-refractivity contribution in [1.29, 1.82) is 0 Å². The average Bonchev–Trinajstić information content (AvgIpc) is 1.88. The molecule has 0 bridgehead atoms. The summed E-state index contributed by atoms with van der Waals surface area (Å²) in [6.07, 6.45) is 0. The first-order valence-corrected chi connectivity index (χ1v) is 4.70. The van der Waals surface area contributed by atoms with Gasteiger partial charge in [0.25, 0.3) is 0 Å². The van der Waals surface area contributed by atoms with Gasteiger partial charge in [-0.1, -0.05) is 0 Å². The van der Waals surface area contributed by atoms with Gasteiger partial charge in [-0.3, -0.25) is 4.21 Å². The van der Waals surface area contributed by atoms with Gasteiger partial charge in [0.1, 0.15) is 0 Å². The number of hydrogen-bond acceptors (Lipinski definition) is 2. The summed E-state index contributed by atoms with van der Waals surface area (Å²) in [5.74, 6) is 0. The standard InChI is InChI=1S/C6H5IO2S.Na/c7-5-1-3-6(4-2-5)10(8)9;/h1-4H,(H,8,9);/q;+1/p-1. The molecule has 0 aliphatic rings. The van der Waals surface area contributed by atoms with E-state index in [0.717, 1.165) is 3.57 Å². The van der Waals surface area contributed by atoms with Crippen LogP contribution in [0.15, 0.2) is 29.2 Å². The minimum absolute atomic E-state index is 0. The number of halogens is 1. The van der Waals surface area contributed by atoms with Gasteiger partial charge < -0.3 is 4.55 Å². The monoisotopic (exact) mass is 290 g/mol. The molecule has 0 aromatic heterocycles. The molecule has 1 rings (SSSR count). The molecule has 1 unspecified atom stereocenters. The van der Waals surface area contributed by atoms with E-state index in [1.54, 1.807) is 24.3 Å². The summed E-state index contributed by atoms with van der Waals surface area (Å²) in [7, 11) is 0. The number of rotatable bonds is 1. The molecule has 1 aromatic carbocycles. The van der Waals surface area contributed by atoms with E-state index < -0.39 is 11.1 Å². The van der Waals surface area contributed by atoms with Crippen molar-refractivity contribution >= 4 is 33.7 Å². The first kappa shape index (κ1) is 12.1. The summed E-state index contributed by atoms with van der Waals surface area (Å²) in [5, 5.41) is 0. The molecular formula is C6H4INaO2S. The number of hydrogen-bond donors (Lipinski definition) is 0. The van der Waals surface area contributed by atoms with Crippen LogP contribution in [0.4, 0.5) is 0 Å². The van der Waals surface area contributed by atoms with Crippen LogP contribution in [0.3, 0.4) is 0 Å². The molecule has 0 saturated carbocycles. The summed E-state index contributed by atoms with van der Waals surface area (Å²) in [4.78, 5) is 0.334. The van der Waals surface area contributed by atoms with Gasteiger partial charge in [0, 0.05) is 8.47 Å². The number of benzene rings is 1. The van der Waals surface area contributed by atoms with Gasteiger partial charge in [-0.15, -0.1) is 0 Å². The van der Waals surface area contributed by atoms with Crippen LogP contribution < -0.4 is 29.6 Å². The maximum Gasteiger partial charge on any atom is 1.00 e. The van der Waals surface area contributed by atoms with E-state index in [1.807, 2.05) is 0 Å². The van der Waals surface area contributed by atoms with Crippen LogP contribution in [-0.2, 0) is 11.1 Å². The molecule has 0 heterocycles. The van der Waals surface area contributed by atoms with Crippen LogP contribution in [0.1, 0.15) is 0 Å². The van der Waals surface area contributed by atoms with E-state index in [9.17, 15) is 8.76 Å². The zero-order valence-electron chi connectivity index (χ0n) is 5.91. The third kappa shape index (κ3) is 4.00. The largest absolute Gasteiger partial charge is 1.00 e. The summed E-state index contributed by atoms with van der Waals surface area (Å²) < 4.78 is 21.7. The van der Waals surface area contributed by atoms with Gasteiger partial charge in [-0.05, 0) is 57.9 Å². The minimum atomic E-state index is -2.09. The smallest absolute Gasteiger partial charge is 0.768 e. The summed E-state index contributed by atoms with van der Waals surface area (Å²) >= 11 is 0.0283. The van der Waals surface area contributed by atoms with Crippen LogP contribution in [0, 0.1) is 3.57 Å². The Hall–Kier alpha value is 1.06. The maximum atomic E-state index is 10.3. The van der Waals surface area contributed by atoms with Crippen molar-refractivity contribution < 1.29 is 38.3 Å². The van der Waals surface area contributed by atoms with Gasteiger partial charge in [-0.25, -0.2) is 0 Å². The van der Waals surface area contributed by atoms with Crippen LogP contribution in [0.25, 0.3) is 0 Å². The molecule has 0 N–H and O–H groups in total. The Morgan fingerprint density at radius 1 is 1.27 bits per heavy atom. The third-order valence-corrected chi connectivity index (χ3v) is 2.38. The zero-order chi connectivity index (χ0) is 7.56. The van der Waals surface area contributed by atoms with Crippen molar-refractivity contribution in [3.05, 3.63) is 27.8 Å². The van der Waals surface area contributed by atoms with Gasteiger partial charge in [0.15, 0.2) is 0 Å². The molecule has 5 heteroatoms. The molecule has 0 radical (unpaired) electrons. The van der Waals surface area contributed by atoms with E-state index in [1.165, 1.54) is 0 Å². The fourth-order valence-electron chi connectivity index (χ4n) is 0.546. The van der Waals surface area contributed by atoms with Crippen LogP contribution in [0.5, 0.6) is 0 Å². The molecule has 54 valence electrons. The Bertz CT molecular complexity index is 249. The van der Waals surface area contributed by atoms with Crippen molar-refractivity contribution in [2.24, 2.45) is 0 Å². The minimum Gasteiger partial charge on any atom is -0.768 e. The molecular weight excluding hydrogens is 286 g/mol. The SMILES string of the molecule is O=S([O-])c1ccc(I)cc1.[Na+]. The molecule has 1 atom stereocenters. The van der Waals surface area contributed by atoms with E-state index in [4.69, 9.17) is 0 Å². The molecule has 0 spiro atoms. The van der Waals surface area contributed by atoms with Crippen molar-refractivity contribution in [3.8, 4) is 0 Å². The summed E-state index contributed by atoms with van der Waals surface area (Å²) in [6, 6.07) is 6.66. The predicted molar refractivity (Wildman–Crippen MR) is 46.3 cm³/mol. The fraction of sp³-hybridized carbons (Fsp3) is 0. The van der Waals surface area contributed by atoms with Gasteiger partial charge in [-0.2, -0.15) is 0 Å². The van der Waals surface area contributed by atoms with Crippen molar-refractivity contribution in [3.63, 3.8) is 0 Å². The third-order valence-electron chi connectivity index (χ3n) is 1.01. The Kier molecular flexibility index (Phi) is 6.21. The molecule has 2 nitrogen and oxygen atoms in total. The summed E-state index contributed by atoms with van der Waals surface area (Å²) in [6.45, 7) is 0. The Morgan fingerprint density at radius 3 is 2.09 bits per heavy atom. The topological polar surface area (TPSA) is 40.1 Å². The van der Waals surface area contributed by atoms with E-state index >= 15 is 0 Å². The normalized spacial score (nSPS) is 11.8. The van der Waals surface area contributed by atoms with Crippen molar-refractivity contribution in [2.75, 3.05) is 0 Å². The fourth-order valence-corrected chi connectivity index (χ4v) is 1.26. The maximum absolute atomic E-state index is 10.3. The van der Waals surface area contributed by atoms with E-state index in [-0.39, 0.29) is 29.6 Å². The van der Waals surface area contributed by atoms with E-state index in [0.29, 0.717) is 4.90 Å². The first-order valence-electron chi connectivity index (χ1n) is 2.55. The molecule has 0 fully saturated rings. The Balaban J connectivity index is 0.000001000. The average molecular weight is 290 g/mol. The van der Waals surface area contributed by atoms with Crippen molar-refractivity contribution in [2.45, 2.75) is 4.90 Å². The molecule has 0 aliphatic carbocycles. The van der Waals surface area contributed by atoms with Gasteiger partial charge >= 0.3 is 29.6 Å². The van der Waals surface area contributed by atoms with Crippen molar-refractivity contribution in [1.82, 2.24) is 0 Å². The predicted octanol–water partition coefficient (Wildman–Crippen LogP) is -1.47. The zero-order valence-corrected chi connectivity index (χ0v) is 10.9. The quantitative estimate of drug-likeness (QED) is 0.360. The van der Waals surface area contributed by atoms with Gasteiger partial charge in [0.05, 0.1) is 0 Å². The molecule has 0 amide bonds. The molecule has 1 aromatic rings. The second kappa shape index (κ2) is 5.66. The van der Waals surface area contributed by atoms with Crippen LogP contribution in [-0.4, -0.2) is 8.76 Å². The molecule has 11 heavy (non-hydrogen) atoms. The van der Waals surface area contributed by atoms with Crippen LogP contribution in [0.2, 0.25) is 0 Å². The Labute approximate surface area is 103 Å². The summed E-state index contributed by atoms with van der Waals surface area (Å²) in [5.41, 5.74) is 0. The second-order valence-corrected chi connectivity index (χ2v) is 3.88.